The van der Waals surface area contributed by atoms with Crippen molar-refractivity contribution < 1.29 is 29.1 Å². The quantitative estimate of drug-likeness (QED) is 0.620. The maximum atomic E-state index is 12.5. The number of amides is 2. The van der Waals surface area contributed by atoms with Crippen molar-refractivity contribution in [3.8, 4) is 0 Å². The van der Waals surface area contributed by atoms with Gasteiger partial charge in [0.25, 0.3) is 5.91 Å². The number of benzene rings is 1. The molecule has 2 aromatic rings. The zero-order chi connectivity index (χ0) is 20.5. The van der Waals surface area contributed by atoms with Crippen LogP contribution in [0.3, 0.4) is 0 Å². The number of carboxylic acids is 1. The van der Waals surface area contributed by atoms with Crippen LogP contribution in [0.25, 0.3) is 0 Å². The molecule has 8 nitrogen and oxygen atoms in total. The zero-order valence-electron chi connectivity index (χ0n) is 15.6. The molecule has 0 aliphatic carbocycles. The van der Waals surface area contributed by atoms with Crippen LogP contribution in [0.15, 0.2) is 41.8 Å². The van der Waals surface area contributed by atoms with Gasteiger partial charge in [0.05, 0.1) is 7.11 Å². The highest BCUT2D eigenvalue weighted by atomic mass is 32.1. The van der Waals surface area contributed by atoms with Gasteiger partial charge in [-0.2, -0.15) is 0 Å². The van der Waals surface area contributed by atoms with Gasteiger partial charge in [-0.15, -0.1) is 11.3 Å². The molecule has 0 spiro atoms. The number of carbonyl (C=O) groups excluding carboxylic acids is 2. The Morgan fingerprint density at radius 1 is 1.21 bits per heavy atom. The van der Waals surface area contributed by atoms with Crippen molar-refractivity contribution in [3.05, 3.63) is 57.8 Å². The number of carboxylic acid groups (broad SMARTS) is 1. The summed E-state index contributed by atoms with van der Waals surface area (Å²) in [5.41, 5.74) is 1.05. The Kier molecular flexibility index (Phi) is 7.97. The van der Waals surface area contributed by atoms with Crippen LogP contribution in [0, 0.1) is 0 Å². The second-order valence-electron chi connectivity index (χ2n) is 5.78. The molecule has 0 bridgehead atoms. The van der Waals surface area contributed by atoms with Crippen LogP contribution >= 0.6 is 11.3 Å². The summed E-state index contributed by atoms with van der Waals surface area (Å²) in [5, 5.41) is 14.6. The standard InChI is InChI=1S/C19H22N2O6S/c1-3-16(18(23)24)21(26-2)17(22)14-8-6-13(7-9-14)11-20-19(25)27-12-15-5-4-10-28-15/h4-10,16H,3,11-12H2,1-2H3,(H,20,25)(H,23,24). The number of hydroxylamine groups is 2. The highest BCUT2D eigenvalue weighted by Crippen LogP contribution is 2.13. The molecule has 1 aromatic carbocycles. The van der Waals surface area contributed by atoms with Crippen LogP contribution in [-0.2, 0) is 27.5 Å². The molecule has 0 radical (unpaired) electrons. The van der Waals surface area contributed by atoms with Crippen LogP contribution in [0.5, 0.6) is 0 Å². The van der Waals surface area contributed by atoms with Gasteiger partial charge in [0, 0.05) is 17.0 Å². The normalized spacial score (nSPS) is 11.5. The molecule has 1 heterocycles. The van der Waals surface area contributed by atoms with E-state index in [1.54, 1.807) is 31.2 Å². The lowest BCUT2D eigenvalue weighted by molar-refractivity contribution is -0.166. The number of hydrogen-bond donors (Lipinski definition) is 2. The molecular weight excluding hydrogens is 384 g/mol. The largest absolute Gasteiger partial charge is 0.480 e. The summed E-state index contributed by atoms with van der Waals surface area (Å²) in [7, 11) is 1.25. The number of rotatable bonds is 9. The third kappa shape index (κ3) is 5.80. The summed E-state index contributed by atoms with van der Waals surface area (Å²) >= 11 is 1.51. The smallest absolute Gasteiger partial charge is 0.407 e. The molecule has 0 saturated carbocycles. The minimum atomic E-state index is -1.14. The van der Waals surface area contributed by atoms with Crippen molar-refractivity contribution in [1.29, 1.82) is 0 Å². The van der Waals surface area contributed by atoms with E-state index in [1.165, 1.54) is 18.4 Å². The number of hydrogen-bond acceptors (Lipinski definition) is 6. The fraction of sp³-hybridized carbons (Fsp3) is 0.316. The van der Waals surface area contributed by atoms with Crippen LogP contribution in [0.2, 0.25) is 0 Å². The summed E-state index contributed by atoms with van der Waals surface area (Å²) in [4.78, 5) is 41.4. The highest BCUT2D eigenvalue weighted by Gasteiger charge is 2.29. The summed E-state index contributed by atoms with van der Waals surface area (Å²) in [5.74, 6) is -1.69. The molecule has 9 heteroatoms. The molecule has 28 heavy (non-hydrogen) atoms. The van der Waals surface area contributed by atoms with Gasteiger partial charge in [0.1, 0.15) is 6.61 Å². The number of thiophene rings is 1. The average Bonchev–Trinajstić information content (AvgIpc) is 3.22. The predicted molar refractivity (Wildman–Crippen MR) is 103 cm³/mol. The maximum absolute atomic E-state index is 12.5. The van der Waals surface area contributed by atoms with Gasteiger partial charge in [-0.25, -0.2) is 14.7 Å². The first kappa shape index (κ1) is 21.4. The van der Waals surface area contributed by atoms with Gasteiger partial charge in [-0.3, -0.25) is 9.63 Å². The second kappa shape index (κ2) is 10.4. The average molecular weight is 406 g/mol. The number of aliphatic carboxylic acids is 1. The minimum absolute atomic E-state index is 0.213. The third-order valence-electron chi connectivity index (χ3n) is 3.92. The topological polar surface area (TPSA) is 105 Å². The number of nitrogens with one attached hydrogen (secondary N) is 1. The van der Waals surface area contributed by atoms with Crippen molar-refractivity contribution >= 4 is 29.3 Å². The summed E-state index contributed by atoms with van der Waals surface area (Å²) in [6, 6.07) is 9.13. The van der Waals surface area contributed by atoms with Crippen molar-refractivity contribution in [1.82, 2.24) is 10.4 Å². The SMILES string of the molecule is CCC(C(=O)O)N(OC)C(=O)c1ccc(CNC(=O)OCc2cccs2)cc1. The van der Waals surface area contributed by atoms with Crippen LogP contribution in [0.4, 0.5) is 4.79 Å². The predicted octanol–water partition coefficient (Wildman–Crippen LogP) is 3.04. The van der Waals surface area contributed by atoms with Crippen molar-refractivity contribution in [2.45, 2.75) is 32.5 Å². The summed E-state index contributed by atoms with van der Waals surface area (Å²) in [6.45, 7) is 2.11. The molecule has 2 rings (SSSR count). The Morgan fingerprint density at radius 3 is 2.46 bits per heavy atom. The van der Waals surface area contributed by atoms with Crippen LogP contribution in [-0.4, -0.2) is 41.3 Å². The van der Waals surface area contributed by atoms with Gasteiger partial charge in [-0.1, -0.05) is 25.1 Å². The fourth-order valence-electron chi connectivity index (χ4n) is 2.44. The van der Waals surface area contributed by atoms with Crippen molar-refractivity contribution in [2.75, 3.05) is 7.11 Å². The lowest BCUT2D eigenvalue weighted by Gasteiger charge is -2.25. The van der Waals surface area contributed by atoms with Gasteiger partial charge in [-0.05, 0) is 35.6 Å². The lowest BCUT2D eigenvalue weighted by atomic mass is 10.1. The van der Waals surface area contributed by atoms with E-state index in [-0.39, 0.29) is 25.1 Å². The molecule has 0 aliphatic rings. The molecule has 0 fully saturated rings. The first-order chi connectivity index (χ1) is 13.5. The van der Waals surface area contributed by atoms with Crippen LogP contribution < -0.4 is 5.32 Å². The van der Waals surface area contributed by atoms with Gasteiger partial charge in [0.2, 0.25) is 0 Å². The van der Waals surface area contributed by atoms with E-state index in [0.717, 1.165) is 15.5 Å². The van der Waals surface area contributed by atoms with Crippen molar-refractivity contribution in [2.24, 2.45) is 0 Å². The Balaban J connectivity index is 1.90. The molecule has 150 valence electrons. The van der Waals surface area contributed by atoms with Gasteiger partial charge < -0.3 is 15.2 Å². The Labute approximate surface area is 166 Å². The number of carbonyl (C=O) groups is 3. The number of alkyl carbamates (subject to hydrolysis) is 1. The lowest BCUT2D eigenvalue weighted by Crippen LogP contribution is -2.44. The fourth-order valence-corrected chi connectivity index (χ4v) is 3.06. The first-order valence-electron chi connectivity index (χ1n) is 8.58. The first-order valence-corrected chi connectivity index (χ1v) is 9.46. The minimum Gasteiger partial charge on any atom is -0.480 e. The van der Waals surface area contributed by atoms with E-state index in [1.807, 2.05) is 17.5 Å². The van der Waals surface area contributed by atoms with E-state index in [0.29, 0.717) is 0 Å². The number of ether oxygens (including phenoxy) is 1. The van der Waals surface area contributed by atoms with Crippen molar-refractivity contribution in [3.63, 3.8) is 0 Å². The Bertz CT molecular complexity index is 791. The van der Waals surface area contributed by atoms with Gasteiger partial charge >= 0.3 is 12.1 Å². The van der Waals surface area contributed by atoms with E-state index in [9.17, 15) is 19.5 Å². The Morgan fingerprint density at radius 2 is 1.93 bits per heavy atom. The van der Waals surface area contributed by atoms with Crippen LogP contribution in [0.1, 0.15) is 34.1 Å². The molecule has 0 aliphatic heterocycles. The monoisotopic (exact) mass is 406 g/mol. The van der Waals surface area contributed by atoms with E-state index in [2.05, 4.69) is 5.32 Å². The molecule has 1 aromatic heterocycles. The zero-order valence-corrected chi connectivity index (χ0v) is 16.4. The highest BCUT2D eigenvalue weighted by molar-refractivity contribution is 7.09. The summed E-state index contributed by atoms with van der Waals surface area (Å²) < 4.78 is 5.10. The molecule has 2 N–H and O–H groups in total. The van der Waals surface area contributed by atoms with Gasteiger partial charge in [0.15, 0.2) is 6.04 Å². The second-order valence-corrected chi connectivity index (χ2v) is 6.81. The maximum Gasteiger partial charge on any atom is 0.407 e. The molecule has 2 amide bonds. The third-order valence-corrected chi connectivity index (χ3v) is 4.76. The molecule has 1 unspecified atom stereocenters. The van der Waals surface area contributed by atoms with E-state index >= 15 is 0 Å². The molecule has 0 saturated heterocycles. The number of nitrogens with zero attached hydrogens (tertiary/aromatic N) is 1. The molecule has 1 atom stereocenters. The summed E-state index contributed by atoms with van der Waals surface area (Å²) in [6.07, 6.45) is -0.323. The molecular formula is C19H22N2O6S. The van der Waals surface area contributed by atoms with E-state index in [4.69, 9.17) is 9.57 Å². The van der Waals surface area contributed by atoms with E-state index < -0.39 is 24.0 Å². The Hall–Kier alpha value is -2.91.